The van der Waals surface area contributed by atoms with Crippen LogP contribution in [0.2, 0.25) is 0 Å². The molecule has 0 radical (unpaired) electrons. The molecule has 6 nitrogen and oxygen atoms in total. The zero-order valence-electron chi connectivity index (χ0n) is 16.5. The quantitative estimate of drug-likeness (QED) is 0.381. The van der Waals surface area contributed by atoms with Gasteiger partial charge in [0.15, 0.2) is 4.34 Å². The SMILES string of the molecule is Cc1ccc(NC(=O)CSc2nnc(NC(=O)C3(c4cccs4)CCCC3)s2)cc1. The van der Waals surface area contributed by atoms with Crippen molar-refractivity contribution in [2.75, 3.05) is 16.4 Å². The Bertz CT molecular complexity index is 1010. The molecule has 0 unspecified atom stereocenters. The van der Waals surface area contributed by atoms with Crippen molar-refractivity contribution in [3.8, 4) is 0 Å². The van der Waals surface area contributed by atoms with Crippen LogP contribution in [0.3, 0.4) is 0 Å². The minimum atomic E-state index is -0.457. The molecular weight excluding hydrogens is 436 g/mol. The van der Waals surface area contributed by atoms with Gasteiger partial charge in [0, 0.05) is 10.6 Å². The minimum Gasteiger partial charge on any atom is -0.325 e. The summed E-state index contributed by atoms with van der Waals surface area (Å²) in [6.45, 7) is 2.00. The maximum Gasteiger partial charge on any atom is 0.237 e. The lowest BCUT2D eigenvalue weighted by Crippen LogP contribution is -2.37. The monoisotopic (exact) mass is 458 g/mol. The van der Waals surface area contributed by atoms with E-state index in [4.69, 9.17) is 0 Å². The molecule has 0 aliphatic heterocycles. The van der Waals surface area contributed by atoms with Crippen LogP contribution in [0.4, 0.5) is 10.8 Å². The van der Waals surface area contributed by atoms with E-state index in [1.54, 1.807) is 11.3 Å². The summed E-state index contributed by atoms with van der Waals surface area (Å²) in [5.74, 6) is 0.120. The normalized spacial score (nSPS) is 15.1. The van der Waals surface area contributed by atoms with Gasteiger partial charge in [-0.3, -0.25) is 14.9 Å². The van der Waals surface area contributed by atoms with Gasteiger partial charge in [0.2, 0.25) is 16.9 Å². The highest BCUT2D eigenvalue weighted by Crippen LogP contribution is 2.44. The largest absolute Gasteiger partial charge is 0.325 e. The van der Waals surface area contributed by atoms with Crippen LogP contribution < -0.4 is 10.6 Å². The molecule has 4 rings (SSSR count). The zero-order valence-corrected chi connectivity index (χ0v) is 19.0. The van der Waals surface area contributed by atoms with Gasteiger partial charge in [-0.2, -0.15) is 0 Å². The first kappa shape index (κ1) is 21.0. The average Bonchev–Trinajstić information content (AvgIpc) is 3.50. The van der Waals surface area contributed by atoms with E-state index in [0.717, 1.165) is 41.8 Å². The second kappa shape index (κ2) is 9.28. The van der Waals surface area contributed by atoms with Crippen LogP contribution in [0.1, 0.15) is 36.1 Å². The highest BCUT2D eigenvalue weighted by Gasteiger charge is 2.43. The van der Waals surface area contributed by atoms with Crippen molar-refractivity contribution in [1.29, 1.82) is 0 Å². The third kappa shape index (κ3) is 4.74. The van der Waals surface area contributed by atoms with Gasteiger partial charge in [0.1, 0.15) is 0 Å². The Balaban J connectivity index is 1.33. The third-order valence-corrected chi connectivity index (χ3v) is 8.22. The lowest BCUT2D eigenvalue weighted by atomic mass is 9.83. The number of hydrogen-bond donors (Lipinski definition) is 2. The standard InChI is InChI=1S/C21H22N4O2S3/c1-14-6-8-15(9-7-14)22-17(26)13-29-20-25-24-19(30-20)23-18(27)21(10-2-3-11-21)16-5-4-12-28-16/h4-9,12H,2-3,10-11,13H2,1H3,(H,22,26)(H,23,24,27). The minimum absolute atomic E-state index is 0.00716. The molecule has 1 aliphatic carbocycles. The smallest absolute Gasteiger partial charge is 0.237 e. The summed E-state index contributed by atoms with van der Waals surface area (Å²) >= 11 is 4.24. The molecule has 9 heteroatoms. The number of aromatic nitrogens is 2. The number of amides is 2. The van der Waals surface area contributed by atoms with Crippen LogP contribution >= 0.6 is 34.4 Å². The van der Waals surface area contributed by atoms with Crippen LogP contribution in [0.15, 0.2) is 46.1 Å². The lowest BCUT2D eigenvalue weighted by Gasteiger charge is -2.25. The van der Waals surface area contributed by atoms with Gasteiger partial charge in [-0.15, -0.1) is 21.5 Å². The van der Waals surface area contributed by atoms with Crippen molar-refractivity contribution < 1.29 is 9.59 Å². The number of carbonyl (C=O) groups excluding carboxylic acids is 2. The Labute approximate surface area is 187 Å². The third-order valence-electron chi connectivity index (χ3n) is 5.17. The number of thiophene rings is 1. The van der Waals surface area contributed by atoms with Gasteiger partial charge in [0.25, 0.3) is 0 Å². The van der Waals surface area contributed by atoms with Gasteiger partial charge in [0.05, 0.1) is 11.2 Å². The summed E-state index contributed by atoms with van der Waals surface area (Å²) in [6.07, 6.45) is 3.83. The van der Waals surface area contributed by atoms with E-state index >= 15 is 0 Å². The van der Waals surface area contributed by atoms with Gasteiger partial charge in [-0.25, -0.2) is 0 Å². The average molecular weight is 459 g/mol. The molecule has 1 fully saturated rings. The predicted molar refractivity (Wildman–Crippen MR) is 124 cm³/mol. The molecule has 0 bridgehead atoms. The second-order valence-corrected chi connectivity index (χ2v) is 10.4. The Kier molecular flexibility index (Phi) is 6.50. The van der Waals surface area contributed by atoms with Crippen molar-refractivity contribution in [3.63, 3.8) is 0 Å². The molecule has 0 saturated heterocycles. The molecule has 2 amide bonds. The van der Waals surface area contributed by atoms with Crippen LogP contribution in [0.5, 0.6) is 0 Å². The van der Waals surface area contributed by atoms with Crippen LogP contribution in [-0.4, -0.2) is 27.8 Å². The first-order chi connectivity index (χ1) is 14.5. The summed E-state index contributed by atoms with van der Waals surface area (Å²) in [6, 6.07) is 11.7. The number of thioether (sulfide) groups is 1. The first-order valence-electron chi connectivity index (χ1n) is 9.73. The number of carbonyl (C=O) groups is 2. The highest BCUT2D eigenvalue weighted by atomic mass is 32.2. The summed E-state index contributed by atoms with van der Waals surface area (Å²) in [5, 5.41) is 16.5. The molecular formula is C21H22N4O2S3. The maximum absolute atomic E-state index is 13.1. The predicted octanol–water partition coefficient (Wildman–Crippen LogP) is 5.09. The summed E-state index contributed by atoms with van der Waals surface area (Å²) in [4.78, 5) is 26.4. The number of aryl methyl sites for hydroxylation is 1. The second-order valence-electron chi connectivity index (χ2n) is 7.30. The van der Waals surface area contributed by atoms with E-state index in [1.807, 2.05) is 48.7 Å². The van der Waals surface area contributed by atoms with Gasteiger partial charge >= 0.3 is 0 Å². The topological polar surface area (TPSA) is 84.0 Å². The summed E-state index contributed by atoms with van der Waals surface area (Å²) < 4.78 is 0.654. The maximum atomic E-state index is 13.1. The van der Waals surface area contributed by atoms with Crippen molar-refractivity contribution in [3.05, 3.63) is 52.2 Å². The molecule has 156 valence electrons. The van der Waals surface area contributed by atoms with E-state index in [0.29, 0.717) is 9.47 Å². The fourth-order valence-electron chi connectivity index (χ4n) is 3.61. The van der Waals surface area contributed by atoms with E-state index in [9.17, 15) is 9.59 Å². The van der Waals surface area contributed by atoms with Crippen LogP contribution in [0, 0.1) is 6.92 Å². The van der Waals surface area contributed by atoms with Crippen LogP contribution in [0.25, 0.3) is 0 Å². The zero-order chi connectivity index (χ0) is 21.0. The molecule has 1 aliphatic rings. The van der Waals surface area contributed by atoms with E-state index in [1.165, 1.54) is 23.1 Å². The summed E-state index contributed by atoms with van der Waals surface area (Å²) in [5.41, 5.74) is 1.46. The number of nitrogens with one attached hydrogen (secondary N) is 2. The number of anilines is 2. The van der Waals surface area contributed by atoms with Gasteiger partial charge < -0.3 is 5.32 Å². The van der Waals surface area contributed by atoms with Crippen molar-refractivity contribution >= 4 is 57.1 Å². The van der Waals surface area contributed by atoms with Crippen molar-refractivity contribution in [2.24, 2.45) is 0 Å². The molecule has 1 saturated carbocycles. The number of hydrogen-bond acceptors (Lipinski definition) is 7. The number of benzene rings is 1. The molecule has 2 N–H and O–H groups in total. The van der Waals surface area contributed by atoms with Gasteiger partial charge in [-0.1, -0.05) is 59.7 Å². The van der Waals surface area contributed by atoms with Crippen molar-refractivity contribution in [1.82, 2.24) is 10.2 Å². The number of nitrogens with zero attached hydrogens (tertiary/aromatic N) is 2. The molecule has 1 aromatic carbocycles. The lowest BCUT2D eigenvalue weighted by molar-refractivity contribution is -0.121. The van der Waals surface area contributed by atoms with E-state index in [-0.39, 0.29) is 17.6 Å². The first-order valence-corrected chi connectivity index (χ1v) is 12.4. The highest BCUT2D eigenvalue weighted by molar-refractivity contribution is 8.01. The molecule has 2 heterocycles. The van der Waals surface area contributed by atoms with Crippen LogP contribution in [-0.2, 0) is 15.0 Å². The fraction of sp³-hybridized carbons (Fsp3) is 0.333. The fourth-order valence-corrected chi connectivity index (χ4v) is 6.14. The molecule has 2 aromatic heterocycles. The molecule has 3 aromatic rings. The molecule has 0 atom stereocenters. The Morgan fingerprint density at radius 1 is 1.10 bits per heavy atom. The Morgan fingerprint density at radius 3 is 2.57 bits per heavy atom. The Morgan fingerprint density at radius 2 is 1.87 bits per heavy atom. The molecule has 0 spiro atoms. The van der Waals surface area contributed by atoms with Gasteiger partial charge in [-0.05, 0) is 43.3 Å². The number of rotatable bonds is 7. The molecule has 30 heavy (non-hydrogen) atoms. The summed E-state index contributed by atoms with van der Waals surface area (Å²) in [7, 11) is 0. The van der Waals surface area contributed by atoms with E-state index in [2.05, 4.69) is 20.8 Å². The van der Waals surface area contributed by atoms with E-state index < -0.39 is 5.41 Å². The Hall–Kier alpha value is -2.23. The van der Waals surface area contributed by atoms with Crippen molar-refractivity contribution in [2.45, 2.75) is 42.4 Å².